The predicted molar refractivity (Wildman–Crippen MR) is 498 cm³/mol. The molecule has 4 heterocycles. The molecular formula is C109H120N6. The number of hydrogen-bond acceptors (Lipinski definition) is 2. The molecule has 0 spiro atoms. The average molecular weight is 1510 g/mol. The van der Waals surface area contributed by atoms with E-state index >= 15 is 0 Å². The van der Waals surface area contributed by atoms with Gasteiger partial charge in [-0.3, -0.25) is 0 Å². The molecule has 12 aromatic carbocycles. The number of aryl methyl sites for hydroxylation is 4. The summed E-state index contributed by atoms with van der Waals surface area (Å²) in [7, 11) is 4.79. The summed E-state index contributed by atoms with van der Waals surface area (Å²) in [5, 5.41) is 10.5. The molecule has 0 N–H and O–H groups in total. The van der Waals surface area contributed by atoms with Gasteiger partial charge in [0.1, 0.15) is 0 Å². The number of anilines is 2. The lowest BCUT2D eigenvalue weighted by Crippen LogP contribution is -2.27. The number of para-hydroxylation sites is 6. The molecule has 0 saturated heterocycles. The molecule has 0 saturated carbocycles. The lowest BCUT2D eigenvalue weighted by Gasteiger charge is -2.35. The molecule has 16 aromatic rings. The molecule has 17 rings (SSSR count). The van der Waals surface area contributed by atoms with Gasteiger partial charge in [0.25, 0.3) is 0 Å². The number of hydrogen-bond donors (Lipinski definition) is 0. The van der Waals surface area contributed by atoms with E-state index in [0.29, 0.717) is 0 Å². The molecule has 0 atom stereocenters. The smallest absolute Gasteiger partial charge is 0.0541 e. The Balaban J connectivity index is 0.512. The number of nitrogens with zero attached hydrogens (tertiary/aromatic N) is 6. The van der Waals surface area contributed by atoms with Gasteiger partial charge in [-0.15, -0.1) is 0 Å². The summed E-state index contributed by atoms with van der Waals surface area (Å²) in [5.74, 6) is 0. The fourth-order valence-electron chi connectivity index (χ4n) is 20.5. The van der Waals surface area contributed by atoms with E-state index in [4.69, 9.17) is 0 Å². The first-order chi connectivity index (χ1) is 56.7. The predicted octanol–water partition coefficient (Wildman–Crippen LogP) is 30.5. The van der Waals surface area contributed by atoms with Crippen molar-refractivity contribution in [3.8, 4) is 33.9 Å². The Morgan fingerprint density at radius 2 is 0.513 bits per heavy atom. The van der Waals surface area contributed by atoms with E-state index in [0.717, 1.165) is 25.9 Å². The first-order valence-electron chi connectivity index (χ1n) is 44.6. The summed E-state index contributed by atoms with van der Waals surface area (Å²) in [6, 6.07) is 96.7. The second-order valence-corrected chi connectivity index (χ2v) is 34.3. The minimum Gasteiger partial charge on any atom is -0.374 e. The van der Waals surface area contributed by atoms with E-state index in [1.165, 1.54) is 322 Å². The second kappa shape index (κ2) is 35.3. The maximum atomic E-state index is 2.73. The second-order valence-electron chi connectivity index (χ2n) is 34.3. The minimum absolute atomic E-state index is 0.0232. The Morgan fingerprint density at radius 3 is 0.826 bits per heavy atom. The lowest BCUT2D eigenvalue weighted by molar-refractivity contribution is 0.398. The first kappa shape index (κ1) is 77.0. The van der Waals surface area contributed by atoms with Gasteiger partial charge in [0.05, 0.1) is 44.1 Å². The van der Waals surface area contributed by atoms with E-state index in [1.54, 1.807) is 11.1 Å². The standard InChI is InChI=1S/C109H120N6/c1-7-9-11-13-21-39-69-109(70-40-22-14-12-10-8-2)97-77-107(110(5)71-41-23-17-15-19-25-43-81-57-67-105-95(75-81)91-49-31-37-55-103(91)114(105)85-63-59-83(60-64-85)112-99-51-33-27-45-87(99)88-46-28-34-52-100(88)112)79(3)73-93(97)94-74-80(4)108(78-98(94)109)111(6)72-42-24-18-16-20-26-44-82-58-68-106-96(76-82)92-50-32-38-56-104(92)115(106)86-65-61-84(62-66-86)113-101-53-35-29-47-89(101)90-48-30-36-54-102(90)113/h27-38,45-68,73-78H,7-26,39-44,69-72H2,1-6H3. The van der Waals surface area contributed by atoms with Crippen LogP contribution in [0, 0.1) is 13.8 Å². The monoisotopic (exact) mass is 1510 g/mol. The normalized spacial score (nSPS) is 12.7. The van der Waals surface area contributed by atoms with Gasteiger partial charge in [-0.1, -0.05) is 264 Å². The summed E-state index contributed by atoms with van der Waals surface area (Å²) in [5.41, 5.74) is 29.7. The Kier molecular flexibility index (Phi) is 23.6. The van der Waals surface area contributed by atoms with Crippen LogP contribution in [0.15, 0.2) is 255 Å². The highest BCUT2D eigenvalue weighted by Gasteiger charge is 2.44. The van der Waals surface area contributed by atoms with Gasteiger partial charge < -0.3 is 28.1 Å². The Morgan fingerprint density at radius 1 is 0.252 bits per heavy atom. The van der Waals surface area contributed by atoms with Crippen LogP contribution >= 0.6 is 0 Å². The molecular weight excluding hydrogens is 1390 g/mol. The highest BCUT2D eigenvalue weighted by Crippen LogP contribution is 2.57. The Hall–Kier alpha value is -10.6. The van der Waals surface area contributed by atoms with Crippen LogP contribution in [0.3, 0.4) is 0 Å². The Labute approximate surface area is 684 Å². The van der Waals surface area contributed by atoms with E-state index in [1.807, 2.05) is 0 Å². The van der Waals surface area contributed by atoms with Gasteiger partial charge in [-0.05, 0) is 243 Å². The molecule has 586 valence electrons. The van der Waals surface area contributed by atoms with Gasteiger partial charge in [-0.2, -0.15) is 0 Å². The molecule has 0 radical (unpaired) electrons. The van der Waals surface area contributed by atoms with Crippen molar-refractivity contribution >= 4 is 98.6 Å². The largest absolute Gasteiger partial charge is 0.374 e. The van der Waals surface area contributed by atoms with Crippen molar-refractivity contribution in [1.29, 1.82) is 0 Å². The van der Waals surface area contributed by atoms with Gasteiger partial charge in [0.2, 0.25) is 0 Å². The van der Waals surface area contributed by atoms with Crippen LogP contribution in [0.5, 0.6) is 0 Å². The number of rotatable bonds is 38. The molecule has 6 heteroatoms. The third-order valence-corrected chi connectivity index (χ3v) is 26.5. The summed E-state index contributed by atoms with van der Waals surface area (Å²) >= 11 is 0. The van der Waals surface area contributed by atoms with Crippen molar-refractivity contribution in [2.75, 3.05) is 37.0 Å². The molecule has 4 aromatic heterocycles. The van der Waals surface area contributed by atoms with E-state index in [-0.39, 0.29) is 5.41 Å². The van der Waals surface area contributed by atoms with Crippen LogP contribution in [-0.2, 0) is 18.3 Å². The highest BCUT2D eigenvalue weighted by atomic mass is 15.1. The molecule has 0 fully saturated rings. The zero-order valence-corrected chi connectivity index (χ0v) is 69.6. The van der Waals surface area contributed by atoms with Crippen LogP contribution in [0.1, 0.15) is 214 Å². The van der Waals surface area contributed by atoms with E-state index in [2.05, 4.69) is 325 Å². The van der Waals surface area contributed by atoms with Gasteiger partial charge in [-0.25, -0.2) is 0 Å². The molecule has 1 aliphatic carbocycles. The number of benzene rings is 12. The fraction of sp³-hybridized carbons (Fsp3) is 0.339. The fourth-order valence-corrected chi connectivity index (χ4v) is 20.5. The van der Waals surface area contributed by atoms with Gasteiger partial charge in [0.15, 0.2) is 0 Å². The average Bonchev–Trinajstić information content (AvgIpc) is 1.56. The third-order valence-electron chi connectivity index (χ3n) is 26.5. The zero-order chi connectivity index (χ0) is 78.2. The summed E-state index contributed by atoms with van der Waals surface area (Å²) in [6.45, 7) is 11.7. The van der Waals surface area contributed by atoms with Crippen LogP contribution in [0.2, 0.25) is 0 Å². The number of aromatic nitrogens is 4. The maximum Gasteiger partial charge on any atom is 0.0541 e. The number of fused-ring (bicyclic) bond motifs is 15. The summed E-state index contributed by atoms with van der Waals surface area (Å²) in [4.78, 5) is 5.27. The minimum atomic E-state index is 0.0232. The van der Waals surface area contributed by atoms with Crippen LogP contribution in [-0.4, -0.2) is 45.5 Å². The lowest BCUT2D eigenvalue weighted by atomic mass is 9.70. The topological polar surface area (TPSA) is 26.2 Å². The zero-order valence-electron chi connectivity index (χ0n) is 69.6. The SMILES string of the molecule is CCCCCCCCC1(CCCCCCCC)c2cc(N(C)CCCCCCCCc3ccc4c(c3)c3ccccc3n4-c3ccc(-n4c5ccccc5c5ccccc54)cc3)c(C)cc2-c2cc(C)c(N(C)CCCCCCCCc3ccc4c(c3)c3ccccc3n4-c3ccc(-n4c5ccccc5c5ccccc54)cc3)cc21. The molecule has 0 unspecified atom stereocenters. The Bertz CT molecular complexity index is 5570. The van der Waals surface area contributed by atoms with Crippen molar-refractivity contribution in [1.82, 2.24) is 18.3 Å². The molecule has 1 aliphatic rings. The highest BCUT2D eigenvalue weighted by molar-refractivity contribution is 6.12. The summed E-state index contributed by atoms with van der Waals surface area (Å²) in [6.07, 6.45) is 35.9. The van der Waals surface area contributed by atoms with Gasteiger partial charge in [0, 0.05) is 110 Å². The quantitative estimate of drug-likeness (QED) is 0.0361. The van der Waals surface area contributed by atoms with Crippen LogP contribution < -0.4 is 9.80 Å². The molecule has 0 aliphatic heterocycles. The maximum absolute atomic E-state index is 2.73. The van der Waals surface area contributed by atoms with Gasteiger partial charge >= 0.3 is 0 Å². The van der Waals surface area contributed by atoms with E-state index < -0.39 is 0 Å². The third kappa shape index (κ3) is 15.6. The molecule has 115 heavy (non-hydrogen) atoms. The van der Waals surface area contributed by atoms with Crippen LogP contribution in [0.25, 0.3) is 121 Å². The van der Waals surface area contributed by atoms with Crippen molar-refractivity contribution in [3.63, 3.8) is 0 Å². The molecule has 6 nitrogen and oxygen atoms in total. The molecule has 0 amide bonds. The molecule has 0 bridgehead atoms. The first-order valence-corrected chi connectivity index (χ1v) is 44.6. The van der Waals surface area contributed by atoms with Crippen molar-refractivity contribution in [2.45, 2.75) is 213 Å². The van der Waals surface area contributed by atoms with Crippen LogP contribution in [0.4, 0.5) is 11.4 Å². The van der Waals surface area contributed by atoms with Crippen molar-refractivity contribution < 1.29 is 0 Å². The van der Waals surface area contributed by atoms with Crippen molar-refractivity contribution in [3.05, 3.63) is 288 Å². The van der Waals surface area contributed by atoms with Crippen molar-refractivity contribution in [2.24, 2.45) is 0 Å². The summed E-state index contributed by atoms with van der Waals surface area (Å²) < 4.78 is 9.74. The number of unbranched alkanes of at least 4 members (excludes halogenated alkanes) is 20. The van der Waals surface area contributed by atoms with E-state index in [9.17, 15) is 0 Å².